The van der Waals surface area contributed by atoms with Gasteiger partial charge in [0.05, 0.1) is 17.6 Å². The van der Waals surface area contributed by atoms with Crippen LogP contribution in [0.1, 0.15) is 24.2 Å². The quantitative estimate of drug-likeness (QED) is 0.723. The third-order valence-electron chi connectivity index (χ3n) is 2.61. The molecule has 0 heterocycles. The number of hydrogen-bond donors (Lipinski definition) is 2. The van der Waals surface area contributed by atoms with Gasteiger partial charge in [-0.05, 0) is 25.1 Å². The van der Waals surface area contributed by atoms with E-state index >= 15 is 0 Å². The van der Waals surface area contributed by atoms with Crippen molar-refractivity contribution in [3.8, 4) is 0 Å². The predicted octanol–water partition coefficient (Wildman–Crippen LogP) is -0.197. The van der Waals surface area contributed by atoms with Gasteiger partial charge in [-0.25, -0.2) is 17.9 Å². The Hall–Kier alpha value is -2.42. The normalized spacial score (nSPS) is 12.1. The van der Waals surface area contributed by atoms with Crippen molar-refractivity contribution in [2.75, 3.05) is 7.11 Å². The van der Waals surface area contributed by atoms with Crippen LogP contribution in [-0.4, -0.2) is 39.4 Å². The summed E-state index contributed by atoms with van der Waals surface area (Å²) < 4.78 is 30.5. The maximum absolute atomic E-state index is 12.1. The van der Waals surface area contributed by atoms with Crippen molar-refractivity contribution in [3.05, 3.63) is 29.8 Å². The molecule has 0 aromatic heterocycles. The highest BCUT2D eigenvalue weighted by atomic mass is 32.2. The fraction of sp³-hybridized carbons (Fsp3) is 0.308. The molecular formula is C13H16N2O6S. The second-order valence-corrected chi connectivity index (χ2v) is 6.09. The lowest BCUT2D eigenvalue weighted by Gasteiger charge is -2.13. The second-order valence-electron chi connectivity index (χ2n) is 4.41. The van der Waals surface area contributed by atoms with E-state index in [0.29, 0.717) is 0 Å². The van der Waals surface area contributed by atoms with Crippen molar-refractivity contribution in [1.29, 1.82) is 0 Å². The van der Waals surface area contributed by atoms with E-state index in [0.717, 1.165) is 6.07 Å². The number of benzene rings is 1. The molecule has 120 valence electrons. The molecule has 22 heavy (non-hydrogen) atoms. The highest BCUT2D eigenvalue weighted by molar-refractivity contribution is 7.90. The third-order valence-corrected chi connectivity index (χ3v) is 3.96. The van der Waals surface area contributed by atoms with E-state index in [4.69, 9.17) is 0 Å². The fourth-order valence-corrected chi connectivity index (χ4v) is 2.66. The number of esters is 1. The number of sulfonamides is 1. The molecular weight excluding hydrogens is 312 g/mol. The minimum absolute atomic E-state index is 0.0349. The summed E-state index contributed by atoms with van der Waals surface area (Å²) in [4.78, 5) is 33.7. The van der Waals surface area contributed by atoms with Gasteiger partial charge in [-0.2, -0.15) is 0 Å². The van der Waals surface area contributed by atoms with Crippen LogP contribution in [-0.2, 0) is 24.3 Å². The van der Waals surface area contributed by atoms with Crippen LogP contribution in [0.5, 0.6) is 0 Å². The number of carbonyl (C=O) groups is 3. The summed E-state index contributed by atoms with van der Waals surface area (Å²) in [6.45, 7) is 2.55. The van der Waals surface area contributed by atoms with E-state index in [-0.39, 0.29) is 10.5 Å². The van der Waals surface area contributed by atoms with Crippen LogP contribution >= 0.6 is 0 Å². The standard InChI is InChI=1S/C13H16N2O6S/c1-8(14-9(2)16)12(17)15-22(19,20)11-6-4-5-10(7-11)13(18)21-3/h4-8H,1-3H3,(H,14,16)(H,15,17)/t8-/m0/s1. The first kappa shape index (κ1) is 17.6. The summed E-state index contributed by atoms with van der Waals surface area (Å²) in [5.74, 6) is -2.05. The zero-order valence-electron chi connectivity index (χ0n) is 12.2. The number of methoxy groups -OCH3 is 1. The molecule has 2 N–H and O–H groups in total. The predicted molar refractivity (Wildman–Crippen MR) is 76.4 cm³/mol. The van der Waals surface area contributed by atoms with Crippen molar-refractivity contribution in [2.45, 2.75) is 24.8 Å². The maximum atomic E-state index is 12.1. The number of ether oxygens (including phenoxy) is 1. The summed E-state index contributed by atoms with van der Waals surface area (Å²) in [6, 6.07) is 4.03. The molecule has 0 unspecified atom stereocenters. The van der Waals surface area contributed by atoms with Crippen molar-refractivity contribution >= 4 is 27.8 Å². The molecule has 0 radical (unpaired) electrons. The van der Waals surface area contributed by atoms with Crippen molar-refractivity contribution in [3.63, 3.8) is 0 Å². The van der Waals surface area contributed by atoms with Crippen LogP contribution in [0.2, 0.25) is 0 Å². The Morgan fingerprint density at radius 1 is 1.23 bits per heavy atom. The SMILES string of the molecule is COC(=O)c1cccc(S(=O)(=O)NC(=O)[C@H](C)NC(C)=O)c1. The van der Waals surface area contributed by atoms with Crippen LogP contribution in [0.3, 0.4) is 0 Å². The molecule has 9 heteroatoms. The highest BCUT2D eigenvalue weighted by Gasteiger charge is 2.23. The zero-order valence-corrected chi connectivity index (χ0v) is 13.1. The van der Waals surface area contributed by atoms with E-state index in [1.807, 2.05) is 4.72 Å². The molecule has 0 saturated heterocycles. The molecule has 1 atom stereocenters. The number of nitrogens with one attached hydrogen (secondary N) is 2. The lowest BCUT2D eigenvalue weighted by atomic mass is 10.2. The average Bonchev–Trinajstić information content (AvgIpc) is 2.45. The van der Waals surface area contributed by atoms with Crippen LogP contribution in [0.15, 0.2) is 29.2 Å². The summed E-state index contributed by atoms with van der Waals surface area (Å²) >= 11 is 0. The molecule has 0 aliphatic rings. The van der Waals surface area contributed by atoms with Crippen molar-refractivity contribution in [2.24, 2.45) is 0 Å². The van der Waals surface area contributed by atoms with Crippen molar-refractivity contribution in [1.82, 2.24) is 10.0 Å². The Kier molecular flexibility index (Phi) is 5.63. The first-order chi connectivity index (χ1) is 10.2. The van der Waals surface area contributed by atoms with Gasteiger partial charge in [0.25, 0.3) is 15.9 Å². The summed E-state index contributed by atoms with van der Waals surface area (Å²) in [7, 11) is -3.00. The smallest absolute Gasteiger partial charge is 0.337 e. The fourth-order valence-electron chi connectivity index (χ4n) is 1.56. The van der Waals surface area contributed by atoms with Crippen LogP contribution in [0.4, 0.5) is 0 Å². The molecule has 0 aliphatic carbocycles. The van der Waals surface area contributed by atoms with Gasteiger partial charge in [-0.3, -0.25) is 9.59 Å². The summed E-state index contributed by atoms with van der Waals surface area (Å²) in [5, 5.41) is 2.27. The van der Waals surface area contributed by atoms with E-state index in [1.54, 1.807) is 0 Å². The van der Waals surface area contributed by atoms with E-state index in [9.17, 15) is 22.8 Å². The molecule has 0 spiro atoms. The minimum Gasteiger partial charge on any atom is -0.465 e. The monoisotopic (exact) mass is 328 g/mol. The van der Waals surface area contributed by atoms with Gasteiger partial charge < -0.3 is 10.1 Å². The molecule has 1 aromatic carbocycles. The van der Waals surface area contributed by atoms with E-state index in [2.05, 4.69) is 10.1 Å². The Morgan fingerprint density at radius 3 is 2.41 bits per heavy atom. The molecule has 2 amide bonds. The van der Waals surface area contributed by atoms with E-state index in [1.165, 1.54) is 39.2 Å². The number of hydrogen-bond acceptors (Lipinski definition) is 6. The van der Waals surface area contributed by atoms with Crippen LogP contribution in [0.25, 0.3) is 0 Å². The Labute approximate surface area is 127 Å². The van der Waals surface area contributed by atoms with Gasteiger partial charge in [0.15, 0.2) is 0 Å². The second kappa shape index (κ2) is 7.03. The Bertz CT molecular complexity index is 698. The topological polar surface area (TPSA) is 119 Å². The van der Waals surface area contributed by atoms with Gasteiger partial charge in [0.2, 0.25) is 5.91 Å². The molecule has 1 aromatic rings. The number of carbonyl (C=O) groups excluding carboxylic acids is 3. The largest absolute Gasteiger partial charge is 0.465 e. The van der Waals surface area contributed by atoms with E-state index < -0.39 is 33.8 Å². The van der Waals surface area contributed by atoms with Crippen LogP contribution in [0, 0.1) is 0 Å². The number of amides is 2. The first-order valence-corrected chi connectivity index (χ1v) is 7.68. The van der Waals surface area contributed by atoms with Gasteiger partial charge >= 0.3 is 5.97 Å². The summed E-state index contributed by atoms with van der Waals surface area (Å²) in [5.41, 5.74) is 0.0349. The molecule has 0 aliphatic heterocycles. The molecule has 0 bridgehead atoms. The Morgan fingerprint density at radius 2 is 1.86 bits per heavy atom. The highest BCUT2D eigenvalue weighted by Crippen LogP contribution is 2.12. The maximum Gasteiger partial charge on any atom is 0.337 e. The first-order valence-electron chi connectivity index (χ1n) is 6.19. The van der Waals surface area contributed by atoms with Crippen LogP contribution < -0.4 is 10.0 Å². The van der Waals surface area contributed by atoms with Gasteiger partial charge in [-0.15, -0.1) is 0 Å². The van der Waals surface area contributed by atoms with Crippen molar-refractivity contribution < 1.29 is 27.5 Å². The number of rotatable bonds is 5. The zero-order chi connectivity index (χ0) is 16.9. The average molecular weight is 328 g/mol. The summed E-state index contributed by atoms with van der Waals surface area (Å²) in [6.07, 6.45) is 0. The Balaban J connectivity index is 2.98. The molecule has 1 rings (SSSR count). The molecule has 8 nitrogen and oxygen atoms in total. The van der Waals surface area contributed by atoms with Gasteiger partial charge in [-0.1, -0.05) is 6.07 Å². The molecule has 0 saturated carbocycles. The molecule has 0 fully saturated rings. The lowest BCUT2D eigenvalue weighted by Crippen LogP contribution is -2.46. The lowest BCUT2D eigenvalue weighted by molar-refractivity contribution is -0.126. The van der Waals surface area contributed by atoms with Gasteiger partial charge in [0.1, 0.15) is 6.04 Å². The minimum atomic E-state index is -4.16. The van der Waals surface area contributed by atoms with Gasteiger partial charge in [0, 0.05) is 6.92 Å². The third kappa shape index (κ3) is 4.55.